The summed E-state index contributed by atoms with van der Waals surface area (Å²) in [4.78, 5) is 16.4. The van der Waals surface area contributed by atoms with Gasteiger partial charge in [0, 0.05) is 33.6 Å². The van der Waals surface area contributed by atoms with E-state index in [1.165, 1.54) is 23.3 Å². The van der Waals surface area contributed by atoms with Crippen LogP contribution in [0, 0.1) is 13.8 Å². The number of rotatable bonds is 8. The molecule has 0 radical (unpaired) electrons. The van der Waals surface area contributed by atoms with Gasteiger partial charge >= 0.3 is 0 Å². The van der Waals surface area contributed by atoms with Crippen LogP contribution in [-0.2, 0) is 29.3 Å². The molecule has 0 aliphatic carbocycles. The van der Waals surface area contributed by atoms with Gasteiger partial charge in [-0.1, -0.05) is 71.8 Å². The number of carbonyl (C=O) groups excluding carboxylic acids is 1. The van der Waals surface area contributed by atoms with Crippen molar-refractivity contribution in [1.29, 1.82) is 0 Å². The van der Waals surface area contributed by atoms with E-state index >= 15 is 0 Å². The molecule has 4 aromatic carbocycles. The highest BCUT2D eigenvalue weighted by Gasteiger charge is 2.20. The molecular formula is C32H29ClN2O3S. The van der Waals surface area contributed by atoms with Crippen LogP contribution in [0.25, 0.3) is 10.9 Å². The number of hydrogen-bond acceptors (Lipinski definition) is 3. The SMILES string of the molecule is Cc1ccc(S(=O)(=O)NC(=O)c2ccc3[nH]c(C)c(Cc4ccc(CCc5ccccc5)cc4Cl)c3c2)cc1. The zero-order chi connectivity index (χ0) is 27.6. The highest BCUT2D eigenvalue weighted by molar-refractivity contribution is 7.90. The van der Waals surface area contributed by atoms with E-state index in [1.54, 1.807) is 30.3 Å². The maximum absolute atomic E-state index is 13.0. The van der Waals surface area contributed by atoms with E-state index in [9.17, 15) is 13.2 Å². The van der Waals surface area contributed by atoms with Crippen molar-refractivity contribution in [3.05, 3.63) is 135 Å². The van der Waals surface area contributed by atoms with Crippen LogP contribution in [-0.4, -0.2) is 19.3 Å². The Morgan fingerprint density at radius 3 is 2.28 bits per heavy atom. The van der Waals surface area contributed by atoms with Gasteiger partial charge in [-0.25, -0.2) is 13.1 Å². The summed E-state index contributed by atoms with van der Waals surface area (Å²) in [6.45, 7) is 3.85. The van der Waals surface area contributed by atoms with E-state index in [0.717, 1.165) is 46.1 Å². The molecule has 0 bridgehead atoms. The first kappa shape index (κ1) is 26.7. The van der Waals surface area contributed by atoms with Gasteiger partial charge in [-0.2, -0.15) is 0 Å². The van der Waals surface area contributed by atoms with Crippen LogP contribution in [0.2, 0.25) is 5.02 Å². The Hall–Kier alpha value is -3.87. The molecule has 0 aliphatic rings. The summed E-state index contributed by atoms with van der Waals surface area (Å²) in [5.74, 6) is -0.678. The van der Waals surface area contributed by atoms with Crippen LogP contribution in [0.4, 0.5) is 0 Å². The number of aryl methyl sites for hydroxylation is 4. The molecular weight excluding hydrogens is 528 g/mol. The second kappa shape index (κ2) is 11.1. The number of aromatic amines is 1. The Morgan fingerprint density at radius 1 is 0.846 bits per heavy atom. The second-order valence-electron chi connectivity index (χ2n) is 9.82. The Kier molecular flexibility index (Phi) is 7.60. The minimum Gasteiger partial charge on any atom is -0.358 e. The molecule has 198 valence electrons. The molecule has 0 spiro atoms. The maximum atomic E-state index is 13.0. The summed E-state index contributed by atoms with van der Waals surface area (Å²) < 4.78 is 27.7. The van der Waals surface area contributed by atoms with Crippen LogP contribution in [0.1, 0.15) is 43.9 Å². The largest absolute Gasteiger partial charge is 0.358 e. The molecule has 0 saturated carbocycles. The predicted molar refractivity (Wildman–Crippen MR) is 157 cm³/mol. The van der Waals surface area contributed by atoms with Crippen LogP contribution in [0.15, 0.2) is 95.9 Å². The number of benzene rings is 4. The number of carbonyl (C=O) groups is 1. The summed E-state index contributed by atoms with van der Waals surface area (Å²) in [7, 11) is -3.99. The molecule has 39 heavy (non-hydrogen) atoms. The molecule has 0 unspecified atom stereocenters. The molecule has 7 heteroatoms. The van der Waals surface area contributed by atoms with Gasteiger partial charge in [-0.3, -0.25) is 4.79 Å². The zero-order valence-electron chi connectivity index (χ0n) is 21.8. The first-order valence-electron chi connectivity index (χ1n) is 12.8. The van der Waals surface area contributed by atoms with Crippen molar-refractivity contribution in [2.45, 2.75) is 38.0 Å². The number of amides is 1. The number of H-pyrrole nitrogens is 1. The van der Waals surface area contributed by atoms with Crippen molar-refractivity contribution in [3.63, 3.8) is 0 Å². The van der Waals surface area contributed by atoms with E-state index in [-0.39, 0.29) is 10.5 Å². The number of sulfonamides is 1. The number of hydrogen-bond donors (Lipinski definition) is 2. The Balaban J connectivity index is 1.36. The van der Waals surface area contributed by atoms with Crippen molar-refractivity contribution >= 4 is 38.4 Å². The molecule has 5 aromatic rings. The minimum atomic E-state index is -3.99. The molecule has 0 aliphatic heterocycles. The molecule has 0 atom stereocenters. The number of fused-ring (bicyclic) bond motifs is 1. The first-order valence-corrected chi connectivity index (χ1v) is 14.6. The van der Waals surface area contributed by atoms with Crippen LogP contribution < -0.4 is 4.72 Å². The fraction of sp³-hybridized carbons (Fsp3) is 0.156. The lowest BCUT2D eigenvalue weighted by Gasteiger charge is -2.10. The van der Waals surface area contributed by atoms with Gasteiger partial charge in [0.05, 0.1) is 4.90 Å². The standard InChI is InChI=1S/C32H29ClN2O3S/c1-21-8-15-27(16-9-21)39(37,38)35-32(36)26-14-17-31-29(20-26)28(22(2)34-31)19-25-13-12-24(18-30(25)33)11-10-23-6-4-3-5-7-23/h3-9,12-18,20,34H,10-11,19H2,1-2H3,(H,35,36). The van der Waals surface area contributed by atoms with Crippen molar-refractivity contribution in [1.82, 2.24) is 9.71 Å². The number of nitrogens with one attached hydrogen (secondary N) is 2. The fourth-order valence-corrected chi connectivity index (χ4v) is 5.97. The van der Waals surface area contributed by atoms with Crippen LogP contribution in [0.3, 0.4) is 0 Å². The number of aromatic nitrogens is 1. The van der Waals surface area contributed by atoms with Crippen molar-refractivity contribution in [3.8, 4) is 0 Å². The van der Waals surface area contributed by atoms with Gasteiger partial charge in [0.1, 0.15) is 0 Å². The lowest BCUT2D eigenvalue weighted by molar-refractivity contribution is 0.0981. The average molecular weight is 557 g/mol. The van der Waals surface area contributed by atoms with Gasteiger partial charge in [0.2, 0.25) is 0 Å². The highest BCUT2D eigenvalue weighted by atomic mass is 35.5. The van der Waals surface area contributed by atoms with E-state index in [1.807, 2.05) is 38.1 Å². The van der Waals surface area contributed by atoms with Crippen LogP contribution >= 0.6 is 11.6 Å². The van der Waals surface area contributed by atoms with E-state index < -0.39 is 15.9 Å². The molecule has 5 rings (SSSR count). The summed E-state index contributed by atoms with van der Waals surface area (Å²) in [6, 6.07) is 28.1. The normalized spacial score (nSPS) is 11.6. The maximum Gasteiger partial charge on any atom is 0.265 e. The first-order chi connectivity index (χ1) is 18.7. The van der Waals surface area contributed by atoms with Gasteiger partial charge < -0.3 is 4.98 Å². The third-order valence-electron chi connectivity index (χ3n) is 6.97. The molecule has 5 nitrogen and oxygen atoms in total. The molecule has 0 fully saturated rings. The van der Waals surface area contributed by atoms with Gasteiger partial charge in [0.15, 0.2) is 0 Å². The second-order valence-corrected chi connectivity index (χ2v) is 11.9. The predicted octanol–water partition coefficient (Wildman–Crippen LogP) is 6.93. The number of halogens is 1. The average Bonchev–Trinajstić information content (AvgIpc) is 3.23. The topological polar surface area (TPSA) is 79.0 Å². The Labute approximate surface area is 233 Å². The summed E-state index contributed by atoms with van der Waals surface area (Å²) in [6.07, 6.45) is 2.43. The molecule has 0 saturated heterocycles. The monoisotopic (exact) mass is 556 g/mol. The van der Waals surface area contributed by atoms with Crippen molar-refractivity contribution in [2.24, 2.45) is 0 Å². The van der Waals surface area contributed by atoms with E-state index in [2.05, 4.69) is 34.0 Å². The van der Waals surface area contributed by atoms with Gasteiger partial charge in [-0.05, 0) is 85.3 Å². The molecule has 1 heterocycles. The van der Waals surface area contributed by atoms with E-state index in [4.69, 9.17) is 11.6 Å². The smallest absolute Gasteiger partial charge is 0.265 e. The summed E-state index contributed by atoms with van der Waals surface area (Å²) in [5, 5.41) is 1.56. The fourth-order valence-electron chi connectivity index (χ4n) is 4.72. The third-order valence-corrected chi connectivity index (χ3v) is 8.67. The minimum absolute atomic E-state index is 0.0440. The molecule has 2 N–H and O–H groups in total. The zero-order valence-corrected chi connectivity index (χ0v) is 23.4. The van der Waals surface area contributed by atoms with Crippen LogP contribution in [0.5, 0.6) is 0 Å². The Morgan fingerprint density at radius 2 is 1.56 bits per heavy atom. The molecule has 1 amide bonds. The lowest BCUT2D eigenvalue weighted by atomic mass is 9.98. The third kappa shape index (κ3) is 6.08. The summed E-state index contributed by atoms with van der Waals surface area (Å²) in [5.41, 5.74) is 7.51. The quantitative estimate of drug-likeness (QED) is 0.217. The highest BCUT2D eigenvalue weighted by Crippen LogP contribution is 2.29. The molecule has 1 aromatic heterocycles. The van der Waals surface area contributed by atoms with Crippen molar-refractivity contribution < 1.29 is 13.2 Å². The van der Waals surface area contributed by atoms with E-state index in [0.29, 0.717) is 11.4 Å². The van der Waals surface area contributed by atoms with Gasteiger partial charge in [-0.15, -0.1) is 0 Å². The van der Waals surface area contributed by atoms with Gasteiger partial charge in [0.25, 0.3) is 15.9 Å². The summed E-state index contributed by atoms with van der Waals surface area (Å²) >= 11 is 6.71. The van der Waals surface area contributed by atoms with Crippen molar-refractivity contribution in [2.75, 3.05) is 0 Å². The Bertz CT molecular complexity index is 1760. The lowest BCUT2D eigenvalue weighted by Crippen LogP contribution is -2.30.